The summed E-state index contributed by atoms with van der Waals surface area (Å²) < 4.78 is 0. The number of carbonyl (C=O) groups excluding carboxylic acids is 2. The maximum Gasteiger partial charge on any atom is 0.573 e. The summed E-state index contributed by atoms with van der Waals surface area (Å²) in [5.41, 5.74) is -2.33. The van der Waals surface area contributed by atoms with Crippen molar-refractivity contribution < 1.29 is 48.7 Å². The van der Waals surface area contributed by atoms with E-state index < -0.39 is 23.5 Å². The zero-order valence-corrected chi connectivity index (χ0v) is 15.5. The van der Waals surface area contributed by atoms with Crippen molar-refractivity contribution in [3.8, 4) is 23.7 Å². The van der Waals surface area contributed by atoms with Crippen LogP contribution in [0.25, 0.3) is 0 Å². The van der Waals surface area contributed by atoms with E-state index in [0.29, 0.717) is 0 Å². The predicted octanol–water partition coefficient (Wildman–Crippen LogP) is 2.62. The lowest BCUT2D eigenvalue weighted by atomic mass is 10.1. The highest BCUT2D eigenvalue weighted by atomic mass is 17.3. The van der Waals surface area contributed by atoms with E-state index >= 15 is 0 Å². The summed E-state index contributed by atoms with van der Waals surface area (Å²) in [6.45, 7) is 9.71. The minimum absolute atomic E-state index is 0.165. The molecule has 0 rings (SSSR count). The molecule has 0 radical (unpaired) electrons. The molecule has 0 aromatic carbocycles. The maximum atomic E-state index is 11.1. The van der Waals surface area contributed by atoms with Crippen LogP contribution in [-0.4, -0.2) is 36.7 Å². The van der Waals surface area contributed by atoms with E-state index in [1.165, 1.54) is 27.7 Å². The van der Waals surface area contributed by atoms with E-state index in [2.05, 4.69) is 53.0 Å². The lowest BCUT2D eigenvalue weighted by molar-refractivity contribution is -0.342. The first kappa shape index (κ1) is 23.5. The van der Waals surface area contributed by atoms with Crippen LogP contribution in [0, 0.1) is 23.7 Å². The Morgan fingerprint density at radius 1 is 0.692 bits per heavy atom. The average Bonchev–Trinajstić information content (AvgIpc) is 2.58. The minimum Gasteiger partial charge on any atom is -0.257 e. The van der Waals surface area contributed by atoms with E-state index in [9.17, 15) is 9.59 Å². The van der Waals surface area contributed by atoms with Crippen molar-refractivity contribution in [2.45, 2.75) is 52.7 Å². The molecule has 0 spiro atoms. The van der Waals surface area contributed by atoms with Crippen molar-refractivity contribution in [3.05, 3.63) is 0 Å². The van der Waals surface area contributed by atoms with E-state index in [-0.39, 0.29) is 13.2 Å². The molecule has 0 N–H and O–H groups in total. The van der Waals surface area contributed by atoms with Gasteiger partial charge in [0.2, 0.25) is 0 Å². The highest BCUT2D eigenvalue weighted by Crippen LogP contribution is 2.10. The molecule has 0 fully saturated rings. The Kier molecular flexibility index (Phi) is 10.8. The fourth-order valence-corrected chi connectivity index (χ4v) is 0.923. The van der Waals surface area contributed by atoms with Gasteiger partial charge in [0.05, 0.1) is 13.2 Å². The lowest BCUT2D eigenvalue weighted by Crippen LogP contribution is -2.25. The zero-order chi connectivity index (χ0) is 20.1. The molecule has 146 valence electrons. The monoisotopic (exact) mass is 374 g/mol. The molecule has 0 aliphatic heterocycles. The summed E-state index contributed by atoms with van der Waals surface area (Å²) >= 11 is 0. The summed E-state index contributed by atoms with van der Waals surface area (Å²) in [6, 6.07) is 0. The van der Waals surface area contributed by atoms with Gasteiger partial charge in [-0.3, -0.25) is 19.6 Å². The average molecular weight is 374 g/mol. The summed E-state index contributed by atoms with van der Waals surface area (Å²) in [4.78, 5) is 57.6. The summed E-state index contributed by atoms with van der Waals surface area (Å²) in [7, 11) is 0. The second-order valence-corrected chi connectivity index (χ2v) is 5.33. The first-order valence-electron chi connectivity index (χ1n) is 7.54. The molecule has 0 aliphatic carbocycles. The second kappa shape index (κ2) is 12.0. The third kappa shape index (κ3) is 12.9. The summed E-state index contributed by atoms with van der Waals surface area (Å²) in [5.74, 6) is 10.2. The Balaban J connectivity index is 4.46. The molecule has 0 saturated carbocycles. The zero-order valence-electron chi connectivity index (χ0n) is 15.5. The third-order valence-corrected chi connectivity index (χ3v) is 1.92. The van der Waals surface area contributed by atoms with Crippen molar-refractivity contribution >= 4 is 12.3 Å². The lowest BCUT2D eigenvalue weighted by Gasteiger charge is -2.15. The fourth-order valence-electron chi connectivity index (χ4n) is 0.923. The molecule has 0 aliphatic rings. The van der Waals surface area contributed by atoms with Gasteiger partial charge in [0.15, 0.2) is 11.2 Å². The Hall–Kier alpha value is -2.50. The van der Waals surface area contributed by atoms with Gasteiger partial charge < -0.3 is 0 Å². The van der Waals surface area contributed by atoms with Crippen LogP contribution in [0.3, 0.4) is 0 Å². The number of hydrogen-bond acceptors (Lipinski definition) is 10. The molecule has 0 unspecified atom stereocenters. The van der Waals surface area contributed by atoms with Crippen LogP contribution in [0.15, 0.2) is 0 Å². The molecule has 0 atom stereocenters. The van der Waals surface area contributed by atoms with Crippen LogP contribution in [0.5, 0.6) is 0 Å². The first-order valence-corrected chi connectivity index (χ1v) is 7.54. The molecule has 10 heteroatoms. The smallest absolute Gasteiger partial charge is 0.257 e. The van der Waals surface area contributed by atoms with E-state index in [4.69, 9.17) is 9.78 Å². The first-order chi connectivity index (χ1) is 12.1. The molecule has 0 amide bonds. The van der Waals surface area contributed by atoms with Gasteiger partial charge in [0.1, 0.15) is 0 Å². The van der Waals surface area contributed by atoms with Gasteiger partial charge >= 0.3 is 12.3 Å². The highest BCUT2D eigenvalue weighted by Gasteiger charge is 2.21. The van der Waals surface area contributed by atoms with Crippen LogP contribution < -0.4 is 0 Å². The van der Waals surface area contributed by atoms with Crippen LogP contribution in [0.1, 0.15) is 41.5 Å². The van der Waals surface area contributed by atoms with Gasteiger partial charge in [-0.2, -0.15) is 29.1 Å². The molecule has 0 aromatic heterocycles. The molecule has 0 saturated heterocycles. The number of hydrogen-bond donors (Lipinski definition) is 0. The van der Waals surface area contributed by atoms with Crippen molar-refractivity contribution in [3.63, 3.8) is 0 Å². The highest BCUT2D eigenvalue weighted by molar-refractivity contribution is 5.58. The van der Waals surface area contributed by atoms with Crippen LogP contribution in [0.2, 0.25) is 0 Å². The molecule has 0 aromatic rings. The van der Waals surface area contributed by atoms with Gasteiger partial charge in [-0.05, 0) is 65.2 Å². The Morgan fingerprint density at radius 2 is 1.04 bits per heavy atom. The maximum absolute atomic E-state index is 11.1. The van der Waals surface area contributed by atoms with Crippen LogP contribution in [-0.2, 0) is 39.1 Å². The minimum atomic E-state index is -1.17. The Labute approximate surface area is 151 Å². The van der Waals surface area contributed by atoms with Crippen molar-refractivity contribution in [2.24, 2.45) is 0 Å². The van der Waals surface area contributed by atoms with Gasteiger partial charge in [0, 0.05) is 0 Å². The molecule has 0 bridgehead atoms. The van der Waals surface area contributed by atoms with Crippen molar-refractivity contribution in [2.75, 3.05) is 13.2 Å². The second-order valence-electron chi connectivity index (χ2n) is 5.33. The van der Waals surface area contributed by atoms with Crippen LogP contribution >= 0.6 is 0 Å². The predicted molar refractivity (Wildman–Crippen MR) is 84.3 cm³/mol. The van der Waals surface area contributed by atoms with Crippen molar-refractivity contribution in [1.82, 2.24) is 0 Å². The standard InChI is InChI=1S/C16H22O10/c1-7-19-21-13(17)23-25-15(3,4)11-9-10-12-16(5,6)26-24-14(18)22-20-8-2/h7-8H2,1-6H3. The van der Waals surface area contributed by atoms with E-state index in [0.717, 1.165) is 0 Å². The molecule has 10 nitrogen and oxygen atoms in total. The van der Waals surface area contributed by atoms with E-state index in [1.807, 2.05) is 0 Å². The molecular weight excluding hydrogens is 352 g/mol. The Bertz CT molecular complexity index is 521. The van der Waals surface area contributed by atoms with Gasteiger partial charge in [0.25, 0.3) is 0 Å². The fraction of sp³-hybridized carbons (Fsp3) is 0.625. The topological polar surface area (TPSA) is 108 Å². The molecule has 0 heterocycles. The number of rotatable bonds is 8. The number of carbonyl (C=O) groups is 2. The largest absolute Gasteiger partial charge is 0.573 e. The van der Waals surface area contributed by atoms with Gasteiger partial charge in [-0.25, -0.2) is 0 Å². The van der Waals surface area contributed by atoms with Gasteiger partial charge in [-0.15, -0.1) is 0 Å². The van der Waals surface area contributed by atoms with E-state index in [1.54, 1.807) is 13.8 Å². The van der Waals surface area contributed by atoms with Gasteiger partial charge in [-0.1, -0.05) is 0 Å². The third-order valence-electron chi connectivity index (χ3n) is 1.92. The van der Waals surface area contributed by atoms with Crippen molar-refractivity contribution in [1.29, 1.82) is 0 Å². The van der Waals surface area contributed by atoms with Crippen LogP contribution in [0.4, 0.5) is 9.59 Å². The molecule has 26 heavy (non-hydrogen) atoms. The molecular formula is C16H22O10. The normalized spacial score (nSPS) is 10.5. The SMILES string of the molecule is CCOOC(=O)OOC(C)(C)C#CC#CC(C)(C)OOC(=O)OOCC. The quantitative estimate of drug-likeness (QED) is 0.357. The summed E-state index contributed by atoms with van der Waals surface area (Å²) in [5, 5.41) is 0. The summed E-state index contributed by atoms with van der Waals surface area (Å²) in [6.07, 6.45) is -2.34. The Morgan fingerprint density at radius 3 is 1.35 bits per heavy atom.